The molecule has 0 N–H and O–H groups in total. The van der Waals surface area contributed by atoms with Crippen molar-refractivity contribution < 1.29 is 87.8 Å². The van der Waals surface area contributed by atoms with Crippen molar-refractivity contribution in [3.05, 3.63) is 135 Å². The van der Waals surface area contributed by atoms with E-state index in [0.717, 1.165) is 0 Å². The molecule has 0 atom stereocenters. The number of rotatable bonds is 5. The summed E-state index contributed by atoms with van der Waals surface area (Å²) in [7, 11) is 0. The number of anilines is 3. The van der Waals surface area contributed by atoms with Crippen LogP contribution < -0.4 is 4.90 Å². The average molecular weight is 757 g/mol. The molecule has 0 aliphatic carbocycles. The van der Waals surface area contributed by atoms with Crippen molar-refractivity contribution in [3.8, 4) is 22.3 Å². The van der Waals surface area contributed by atoms with Crippen molar-refractivity contribution in [2.45, 2.75) is 0 Å². The van der Waals surface area contributed by atoms with Crippen molar-refractivity contribution in [1.82, 2.24) is 0 Å². The lowest BCUT2D eigenvalue weighted by molar-refractivity contribution is 0.375. The summed E-state index contributed by atoms with van der Waals surface area (Å²) < 4.78 is 293. The predicted octanol–water partition coefficient (Wildman–Crippen LogP) is 11.3. The number of nitrogens with zero attached hydrogens (tertiary/aromatic N) is 1. The molecule has 0 unspecified atom stereocenters. The van der Waals surface area contributed by atoms with Crippen LogP contribution in [-0.2, 0) is 0 Å². The van der Waals surface area contributed by atoms with E-state index < -0.39 is 161 Å². The van der Waals surface area contributed by atoms with Crippen LogP contribution >= 0.6 is 0 Å². The van der Waals surface area contributed by atoms with Crippen molar-refractivity contribution >= 4 is 17.1 Å². The Morgan fingerprint density at radius 3 is 0.824 bits per heavy atom. The molecule has 0 heterocycles. The Balaban J connectivity index is 2.17. The molecule has 51 heavy (non-hydrogen) atoms. The minimum atomic E-state index is -3.19. The molecule has 268 valence electrons. The van der Waals surface area contributed by atoms with Crippen LogP contribution in [0.3, 0.4) is 0 Å². The second kappa shape index (κ2) is 12.7. The number of benzene rings is 5. The molecule has 0 amide bonds. The molecule has 0 radical (unpaired) electrons. The van der Waals surface area contributed by atoms with Gasteiger partial charge in [0.25, 0.3) is 0 Å². The summed E-state index contributed by atoms with van der Waals surface area (Å²) >= 11 is 0. The van der Waals surface area contributed by atoms with Gasteiger partial charge in [0.15, 0.2) is 93.1 Å². The first-order chi connectivity index (χ1) is 23.7. The highest BCUT2D eigenvalue weighted by Crippen LogP contribution is 2.52. The summed E-state index contributed by atoms with van der Waals surface area (Å²) in [5.41, 5.74) is -17.4. The Morgan fingerprint density at radius 1 is 0.255 bits per heavy atom. The lowest BCUT2D eigenvalue weighted by Gasteiger charge is -2.30. The van der Waals surface area contributed by atoms with Crippen molar-refractivity contribution in [3.63, 3.8) is 0 Å². The molecule has 1 nitrogen and oxygen atoms in total. The summed E-state index contributed by atoms with van der Waals surface area (Å²) in [4.78, 5) is -1.28. The van der Waals surface area contributed by atoms with Gasteiger partial charge in [-0.2, -0.15) is 0 Å². The first kappa shape index (κ1) is 36.8. The highest BCUT2D eigenvalue weighted by atomic mass is 19.2. The number of hydrogen-bond donors (Lipinski definition) is 0. The predicted molar refractivity (Wildman–Crippen MR) is 131 cm³/mol. The van der Waals surface area contributed by atoms with E-state index in [-0.39, 0.29) is 18.2 Å². The second-order valence-corrected chi connectivity index (χ2v) is 9.76. The third kappa shape index (κ3) is 5.19. The Kier molecular flexibility index (Phi) is 9.14. The van der Waals surface area contributed by atoms with Crippen LogP contribution in [0, 0.1) is 116 Å². The van der Waals surface area contributed by atoms with Gasteiger partial charge in [-0.05, 0) is 11.6 Å². The maximum atomic E-state index is 15.4. The summed E-state index contributed by atoms with van der Waals surface area (Å²) in [5.74, 6) is -61.7. The second-order valence-electron chi connectivity index (χ2n) is 9.76. The van der Waals surface area contributed by atoms with Crippen molar-refractivity contribution in [1.29, 1.82) is 0 Å². The first-order valence-corrected chi connectivity index (χ1v) is 12.7. The van der Waals surface area contributed by atoms with Crippen molar-refractivity contribution in [2.24, 2.45) is 0 Å². The smallest absolute Gasteiger partial charge is 0.200 e. The Bertz CT molecular complexity index is 2150. The molecule has 0 aliphatic rings. The molecule has 5 rings (SSSR count). The minimum absolute atomic E-state index is 0.00439. The zero-order valence-electron chi connectivity index (χ0n) is 23.2. The molecular weight excluding hydrogens is 754 g/mol. The molecule has 5 aromatic carbocycles. The van der Waals surface area contributed by atoms with Gasteiger partial charge in [0, 0.05) is 5.56 Å². The molecule has 0 spiro atoms. The van der Waals surface area contributed by atoms with E-state index in [0.29, 0.717) is 0 Å². The van der Waals surface area contributed by atoms with Gasteiger partial charge in [-0.25, -0.2) is 87.8 Å². The summed E-state index contributed by atoms with van der Waals surface area (Å²) in [6.45, 7) is 0. The molecule has 21 heteroatoms. The Labute approximate surface area is 267 Å². The van der Waals surface area contributed by atoms with E-state index in [1.807, 2.05) is 0 Å². The van der Waals surface area contributed by atoms with E-state index in [1.165, 1.54) is 0 Å². The van der Waals surface area contributed by atoms with Gasteiger partial charge in [-0.1, -0.05) is 12.1 Å². The average Bonchev–Trinajstić information content (AvgIpc) is 3.11. The van der Waals surface area contributed by atoms with Crippen LogP contribution in [0.25, 0.3) is 22.3 Å². The lowest BCUT2D eigenvalue weighted by atomic mass is 9.90. The lowest BCUT2D eigenvalue weighted by Crippen LogP contribution is -2.22. The van der Waals surface area contributed by atoms with Gasteiger partial charge < -0.3 is 0 Å². The fourth-order valence-corrected chi connectivity index (χ4v) is 4.80. The fourth-order valence-electron chi connectivity index (χ4n) is 4.80. The molecule has 0 saturated heterocycles. The quantitative estimate of drug-likeness (QED) is 0.0981. The van der Waals surface area contributed by atoms with Crippen molar-refractivity contribution in [2.75, 3.05) is 4.90 Å². The van der Waals surface area contributed by atoms with Gasteiger partial charge in [-0.3, -0.25) is 4.90 Å². The molecule has 5 aromatic rings. The third-order valence-corrected chi connectivity index (χ3v) is 7.04. The largest absolute Gasteiger partial charge is 0.299 e. The van der Waals surface area contributed by atoms with E-state index in [4.69, 9.17) is 0 Å². The molecule has 0 aliphatic heterocycles. The topological polar surface area (TPSA) is 3.24 Å². The number of hydrogen-bond acceptors (Lipinski definition) is 1. The van der Waals surface area contributed by atoms with Crippen LogP contribution in [0.2, 0.25) is 0 Å². The van der Waals surface area contributed by atoms with Crippen LogP contribution in [0.5, 0.6) is 0 Å². The molecule has 0 aromatic heterocycles. The maximum Gasteiger partial charge on any atom is 0.200 e. The normalized spacial score (nSPS) is 11.5. The van der Waals surface area contributed by atoms with Gasteiger partial charge in [0.2, 0.25) is 23.3 Å². The zero-order valence-corrected chi connectivity index (χ0v) is 23.2. The molecule has 0 bridgehead atoms. The van der Waals surface area contributed by atoms with E-state index >= 15 is 35.1 Å². The standard InChI is InChI=1S/C30H3F20N/c31-9-7(10(32)14(36)17(39)13(9)35)4-2-1-3-5(6(4)8-11(33)15(37)18(40)16(38)12(8)34)51(29-25(47)21(43)19(41)22(44)26(29)48)30-27(49)23(45)20(42)24(46)28(30)50/h1-3H. The third-order valence-electron chi connectivity index (χ3n) is 7.04. The first-order valence-electron chi connectivity index (χ1n) is 12.7. The van der Waals surface area contributed by atoms with E-state index in [2.05, 4.69) is 0 Å². The van der Waals surface area contributed by atoms with E-state index in [1.54, 1.807) is 0 Å². The maximum absolute atomic E-state index is 15.4. The molecule has 0 saturated carbocycles. The highest BCUT2D eigenvalue weighted by molar-refractivity contribution is 5.97. The van der Waals surface area contributed by atoms with Crippen LogP contribution in [-0.4, -0.2) is 0 Å². The Hall–Kier alpha value is -5.50. The summed E-state index contributed by atoms with van der Waals surface area (Å²) in [6.07, 6.45) is 0. The molecular formula is C30H3F20N. The van der Waals surface area contributed by atoms with Crippen LogP contribution in [0.1, 0.15) is 0 Å². The van der Waals surface area contributed by atoms with Gasteiger partial charge in [0.1, 0.15) is 11.4 Å². The fraction of sp³-hybridized carbons (Fsp3) is 0. The summed E-state index contributed by atoms with van der Waals surface area (Å²) in [6, 6.07) is 0.0206. The van der Waals surface area contributed by atoms with Crippen LogP contribution in [0.15, 0.2) is 18.2 Å². The van der Waals surface area contributed by atoms with Gasteiger partial charge >= 0.3 is 0 Å². The van der Waals surface area contributed by atoms with Gasteiger partial charge in [0.05, 0.1) is 16.8 Å². The SMILES string of the molecule is Fc1c(F)c(F)c(-c2cccc(N(c3c(F)c(F)c(F)c(F)c3F)c3c(F)c(F)c(F)c(F)c3F)c2-c2c(F)c(F)c(F)c(F)c2F)c(F)c1F. The zero-order chi connectivity index (χ0) is 38.3. The minimum Gasteiger partial charge on any atom is -0.299 e. The molecule has 0 fully saturated rings. The monoisotopic (exact) mass is 757 g/mol. The van der Waals surface area contributed by atoms with Gasteiger partial charge in [-0.15, -0.1) is 0 Å². The highest BCUT2D eigenvalue weighted by Gasteiger charge is 2.40. The Morgan fingerprint density at radius 2 is 0.510 bits per heavy atom. The number of halogens is 20. The van der Waals surface area contributed by atoms with Crippen LogP contribution in [0.4, 0.5) is 105 Å². The van der Waals surface area contributed by atoms with E-state index in [9.17, 15) is 52.7 Å². The summed E-state index contributed by atoms with van der Waals surface area (Å²) in [5, 5.41) is 0.